The fourth-order valence-electron chi connectivity index (χ4n) is 2.58. The molecule has 0 aliphatic heterocycles. The Morgan fingerprint density at radius 1 is 0.786 bits per heavy atom. The number of carbonyl (C=O) groups is 1. The molecule has 0 aromatic heterocycles. The van der Waals surface area contributed by atoms with Crippen LogP contribution < -0.4 is 0 Å². The summed E-state index contributed by atoms with van der Waals surface area (Å²) < 4.78 is 0. The summed E-state index contributed by atoms with van der Waals surface area (Å²) in [5.74, 6) is 2.52. The van der Waals surface area contributed by atoms with Gasteiger partial charge in [0.15, 0.2) is 0 Å². The van der Waals surface area contributed by atoms with Crippen LogP contribution >= 0.6 is 43.2 Å². The molecule has 0 bridgehead atoms. The number of hydrogen-bond acceptors (Lipinski definition) is 5. The van der Waals surface area contributed by atoms with Gasteiger partial charge in [0.05, 0.1) is 0 Å². The number of unbranched alkanes of at least 4 members (excludes halogenated alkanes) is 1. The van der Waals surface area contributed by atoms with E-state index in [1.807, 2.05) is 43.2 Å². The third-order valence-electron chi connectivity index (χ3n) is 4.11. The average Bonchev–Trinajstić information content (AvgIpc) is 2.72. The van der Waals surface area contributed by atoms with E-state index in [-0.39, 0.29) is 6.42 Å². The predicted octanol–water partition coefficient (Wildman–Crippen LogP) is 7.55. The second kappa shape index (κ2) is 15.2. The first kappa shape index (κ1) is 23.6. The molecule has 0 saturated carbocycles. The van der Waals surface area contributed by atoms with Gasteiger partial charge in [-0.25, -0.2) is 0 Å². The zero-order valence-corrected chi connectivity index (χ0v) is 19.3. The Morgan fingerprint density at radius 2 is 1.39 bits per heavy atom. The lowest BCUT2D eigenvalue weighted by Gasteiger charge is -2.15. The van der Waals surface area contributed by atoms with E-state index in [9.17, 15) is 4.79 Å². The van der Waals surface area contributed by atoms with Crippen LogP contribution in [0, 0.1) is 0 Å². The molecule has 0 saturated heterocycles. The Labute approximate surface area is 184 Å². The predicted molar refractivity (Wildman–Crippen MR) is 130 cm³/mol. The smallest absolute Gasteiger partial charge is 0.303 e. The lowest BCUT2D eigenvalue weighted by atomic mass is 10.1. The van der Waals surface area contributed by atoms with Gasteiger partial charge in [-0.3, -0.25) is 4.79 Å². The van der Waals surface area contributed by atoms with E-state index in [1.54, 1.807) is 0 Å². The molecule has 2 nitrogen and oxygen atoms in total. The van der Waals surface area contributed by atoms with Crippen LogP contribution in [0.3, 0.4) is 0 Å². The van der Waals surface area contributed by atoms with Gasteiger partial charge < -0.3 is 5.11 Å². The Bertz CT molecular complexity index is 652. The van der Waals surface area contributed by atoms with Crippen molar-refractivity contribution in [2.75, 3.05) is 5.75 Å². The maximum atomic E-state index is 10.7. The van der Waals surface area contributed by atoms with Crippen molar-refractivity contribution in [3.8, 4) is 0 Å². The maximum absolute atomic E-state index is 10.7. The summed E-state index contributed by atoms with van der Waals surface area (Å²) in [6.45, 7) is 0. The van der Waals surface area contributed by atoms with Gasteiger partial charge in [0.2, 0.25) is 0 Å². The molecule has 0 spiro atoms. The maximum Gasteiger partial charge on any atom is 0.303 e. The summed E-state index contributed by atoms with van der Waals surface area (Å²) in [5, 5.41) is 9.42. The lowest BCUT2D eigenvalue weighted by Crippen LogP contribution is -2.04. The standard InChI is InChI=1S/C22H28O2S4/c23-22(24)14-8-7-13-21(28-27-18-20-11-5-2-6-12-20)15-16-25-26-17-19-9-3-1-4-10-19/h1-6,9-12,21H,7-8,13-18H2,(H,23,24). The highest BCUT2D eigenvalue weighted by Gasteiger charge is 2.11. The van der Waals surface area contributed by atoms with Gasteiger partial charge in [0.25, 0.3) is 0 Å². The van der Waals surface area contributed by atoms with Crippen molar-refractivity contribution in [3.05, 3.63) is 71.8 Å². The molecule has 28 heavy (non-hydrogen) atoms. The summed E-state index contributed by atoms with van der Waals surface area (Å²) in [6.07, 6.45) is 4.34. The number of rotatable bonds is 15. The molecule has 0 aliphatic rings. The van der Waals surface area contributed by atoms with Crippen LogP contribution in [0.2, 0.25) is 0 Å². The zero-order chi connectivity index (χ0) is 19.9. The van der Waals surface area contributed by atoms with Crippen LogP contribution in [0.25, 0.3) is 0 Å². The normalized spacial score (nSPS) is 12.0. The molecular weight excluding hydrogens is 425 g/mol. The van der Waals surface area contributed by atoms with Crippen molar-refractivity contribution < 1.29 is 9.90 Å². The van der Waals surface area contributed by atoms with E-state index in [0.717, 1.165) is 36.5 Å². The molecule has 2 aromatic rings. The first-order chi connectivity index (χ1) is 13.7. The largest absolute Gasteiger partial charge is 0.481 e. The van der Waals surface area contributed by atoms with Gasteiger partial charge in [-0.05, 0) is 30.4 Å². The van der Waals surface area contributed by atoms with Gasteiger partial charge in [-0.15, -0.1) is 0 Å². The summed E-state index contributed by atoms with van der Waals surface area (Å²) in [6, 6.07) is 21.2. The van der Waals surface area contributed by atoms with E-state index in [0.29, 0.717) is 5.25 Å². The quantitative estimate of drug-likeness (QED) is 0.222. The van der Waals surface area contributed by atoms with Crippen LogP contribution in [0.15, 0.2) is 60.7 Å². The molecule has 1 atom stereocenters. The van der Waals surface area contributed by atoms with Crippen LogP contribution in [-0.2, 0) is 16.3 Å². The Hall–Kier alpha value is -0.690. The van der Waals surface area contributed by atoms with Gasteiger partial charge in [-0.1, -0.05) is 110 Å². The van der Waals surface area contributed by atoms with Crippen LogP contribution in [0.5, 0.6) is 0 Å². The summed E-state index contributed by atoms with van der Waals surface area (Å²) in [5.41, 5.74) is 2.73. The molecule has 0 amide bonds. The van der Waals surface area contributed by atoms with Gasteiger partial charge in [0, 0.05) is 28.9 Å². The second-order valence-corrected chi connectivity index (χ2v) is 11.7. The van der Waals surface area contributed by atoms with Crippen molar-refractivity contribution in [2.24, 2.45) is 0 Å². The monoisotopic (exact) mass is 452 g/mol. The van der Waals surface area contributed by atoms with Gasteiger partial charge in [-0.2, -0.15) is 0 Å². The van der Waals surface area contributed by atoms with E-state index in [1.165, 1.54) is 17.5 Å². The number of hydrogen-bond donors (Lipinski definition) is 1. The molecule has 0 fully saturated rings. The Balaban J connectivity index is 1.66. The van der Waals surface area contributed by atoms with E-state index < -0.39 is 5.97 Å². The third-order valence-corrected chi connectivity index (χ3v) is 9.40. The summed E-state index contributed by atoms with van der Waals surface area (Å²) in [4.78, 5) is 10.7. The molecule has 6 heteroatoms. The van der Waals surface area contributed by atoms with Crippen LogP contribution in [-0.4, -0.2) is 22.1 Å². The SMILES string of the molecule is O=C(O)CCCCC(CCSSCc1ccccc1)SSCc1ccccc1. The molecule has 2 aromatic carbocycles. The summed E-state index contributed by atoms with van der Waals surface area (Å²) >= 11 is 0. The van der Waals surface area contributed by atoms with Crippen LogP contribution in [0.4, 0.5) is 0 Å². The number of carboxylic acids is 1. The highest BCUT2D eigenvalue weighted by molar-refractivity contribution is 8.77. The van der Waals surface area contributed by atoms with Gasteiger partial charge >= 0.3 is 5.97 Å². The second-order valence-electron chi connectivity index (χ2n) is 6.46. The number of carboxylic acid groups (broad SMARTS) is 1. The summed E-state index contributed by atoms with van der Waals surface area (Å²) in [7, 11) is 7.77. The molecule has 2 rings (SSSR count). The van der Waals surface area contributed by atoms with Crippen molar-refractivity contribution in [1.82, 2.24) is 0 Å². The van der Waals surface area contributed by atoms with Crippen molar-refractivity contribution in [3.63, 3.8) is 0 Å². The number of aliphatic carboxylic acids is 1. The van der Waals surface area contributed by atoms with E-state index in [4.69, 9.17) is 5.11 Å². The Morgan fingerprint density at radius 3 is 2.00 bits per heavy atom. The Kier molecular flexibility index (Phi) is 12.8. The minimum Gasteiger partial charge on any atom is -0.481 e. The van der Waals surface area contributed by atoms with Crippen molar-refractivity contribution >= 4 is 49.1 Å². The van der Waals surface area contributed by atoms with Crippen molar-refractivity contribution in [2.45, 2.75) is 48.9 Å². The zero-order valence-electron chi connectivity index (χ0n) is 16.0. The van der Waals surface area contributed by atoms with E-state index in [2.05, 4.69) is 60.7 Å². The molecule has 1 unspecified atom stereocenters. The third kappa shape index (κ3) is 11.3. The highest BCUT2D eigenvalue weighted by atomic mass is 33.1. The molecule has 0 heterocycles. The molecule has 0 aliphatic carbocycles. The fraction of sp³-hybridized carbons (Fsp3) is 0.409. The number of benzene rings is 2. The van der Waals surface area contributed by atoms with Crippen LogP contribution in [0.1, 0.15) is 43.2 Å². The van der Waals surface area contributed by atoms with Gasteiger partial charge in [0.1, 0.15) is 0 Å². The fourth-order valence-corrected chi connectivity index (χ4v) is 7.78. The first-order valence-corrected chi connectivity index (χ1v) is 14.4. The average molecular weight is 453 g/mol. The molecule has 1 N–H and O–H groups in total. The molecule has 152 valence electrons. The minimum absolute atomic E-state index is 0.288. The highest BCUT2D eigenvalue weighted by Crippen LogP contribution is 2.36. The topological polar surface area (TPSA) is 37.3 Å². The molecule has 0 radical (unpaired) electrons. The lowest BCUT2D eigenvalue weighted by molar-refractivity contribution is -0.137. The minimum atomic E-state index is -0.685. The molecular formula is C22H28O2S4. The van der Waals surface area contributed by atoms with E-state index >= 15 is 0 Å². The first-order valence-electron chi connectivity index (χ1n) is 9.56. The van der Waals surface area contributed by atoms with Crippen molar-refractivity contribution in [1.29, 1.82) is 0 Å².